The van der Waals surface area contributed by atoms with Gasteiger partial charge in [0.15, 0.2) is 0 Å². The Morgan fingerprint density at radius 3 is 2.53 bits per heavy atom. The Morgan fingerprint density at radius 2 is 2.13 bits per heavy atom. The smallest absolute Gasteiger partial charge is 0.246 e. The number of aromatic nitrogens is 2. The van der Waals surface area contributed by atoms with Gasteiger partial charge in [0.1, 0.15) is 4.90 Å². The summed E-state index contributed by atoms with van der Waals surface area (Å²) in [7, 11) is -3.36. The molecule has 0 aliphatic carbocycles. The topological polar surface area (TPSA) is 66.1 Å². The zero-order valence-electron chi connectivity index (χ0n) is 9.32. The molecule has 86 valence electrons. The molecule has 1 aromatic heterocycles. The van der Waals surface area contributed by atoms with Gasteiger partial charge in [-0.05, 0) is 13.3 Å². The van der Waals surface area contributed by atoms with Crippen molar-refractivity contribution >= 4 is 10.0 Å². The predicted octanol–water partition coefficient (Wildman–Crippen LogP) is 1.14. The van der Waals surface area contributed by atoms with E-state index in [4.69, 9.17) is 0 Å². The summed E-state index contributed by atoms with van der Waals surface area (Å²) in [6.07, 6.45) is 2.17. The molecule has 1 N–H and O–H groups in total. The molecule has 0 saturated heterocycles. The number of hydrogen-bond donors (Lipinski definition) is 1. The van der Waals surface area contributed by atoms with Gasteiger partial charge in [-0.2, -0.15) is 9.40 Å². The number of nitrogens with zero attached hydrogens (tertiary/aromatic N) is 2. The number of nitrogens with one attached hydrogen (secondary N) is 1. The van der Waals surface area contributed by atoms with Crippen molar-refractivity contribution in [1.82, 2.24) is 14.5 Å². The van der Waals surface area contributed by atoms with Gasteiger partial charge >= 0.3 is 0 Å². The van der Waals surface area contributed by atoms with Crippen LogP contribution in [0.15, 0.2) is 11.1 Å². The lowest BCUT2D eigenvalue weighted by molar-refractivity contribution is 0.427. The van der Waals surface area contributed by atoms with E-state index in [2.05, 4.69) is 10.2 Å². The minimum Gasteiger partial charge on any atom is -0.281 e. The molecule has 0 fully saturated rings. The minimum absolute atomic E-state index is 0.276. The lowest BCUT2D eigenvalue weighted by Gasteiger charge is -2.18. The Balaban J connectivity index is 3.06. The zero-order valence-corrected chi connectivity index (χ0v) is 10.1. The third-order valence-electron chi connectivity index (χ3n) is 2.23. The number of rotatable bonds is 5. The molecule has 0 aromatic carbocycles. The number of sulfonamides is 1. The first-order valence-corrected chi connectivity index (χ1v) is 6.48. The second-order valence-electron chi connectivity index (χ2n) is 3.36. The Morgan fingerprint density at radius 1 is 1.47 bits per heavy atom. The van der Waals surface area contributed by atoms with Gasteiger partial charge in [-0.15, -0.1) is 0 Å². The molecule has 1 rings (SSSR count). The van der Waals surface area contributed by atoms with Crippen molar-refractivity contribution in [3.63, 3.8) is 0 Å². The van der Waals surface area contributed by atoms with Gasteiger partial charge in [-0.25, -0.2) is 8.42 Å². The Hall–Kier alpha value is -0.880. The summed E-state index contributed by atoms with van der Waals surface area (Å²) in [6.45, 7) is 6.53. The second-order valence-corrected chi connectivity index (χ2v) is 5.26. The average Bonchev–Trinajstić information content (AvgIpc) is 2.61. The number of hydrogen-bond acceptors (Lipinski definition) is 3. The van der Waals surface area contributed by atoms with Crippen molar-refractivity contribution in [1.29, 1.82) is 0 Å². The summed E-state index contributed by atoms with van der Waals surface area (Å²) in [5.41, 5.74) is 0.588. The Bertz CT molecular complexity index is 411. The van der Waals surface area contributed by atoms with E-state index < -0.39 is 10.0 Å². The molecule has 0 aliphatic heterocycles. The molecule has 6 heteroatoms. The molecular weight excluding hydrogens is 214 g/mol. The van der Waals surface area contributed by atoms with Crippen LogP contribution in [-0.4, -0.2) is 36.0 Å². The summed E-state index contributed by atoms with van der Waals surface area (Å²) in [4.78, 5) is 0.276. The van der Waals surface area contributed by atoms with Crippen LogP contribution in [-0.2, 0) is 10.0 Å². The fourth-order valence-electron chi connectivity index (χ4n) is 1.44. The maximum atomic E-state index is 12.1. The van der Waals surface area contributed by atoms with Gasteiger partial charge in [0.25, 0.3) is 0 Å². The zero-order chi connectivity index (χ0) is 11.5. The molecule has 0 spiro atoms. The molecule has 0 aliphatic rings. The SMILES string of the molecule is CCCN(CC)S(=O)(=O)c1cn[nH]c1C. The fourth-order valence-corrected chi connectivity index (χ4v) is 3.10. The van der Waals surface area contributed by atoms with Crippen LogP contribution in [0.5, 0.6) is 0 Å². The number of aromatic amines is 1. The van der Waals surface area contributed by atoms with Crippen LogP contribution in [0.25, 0.3) is 0 Å². The number of H-pyrrole nitrogens is 1. The van der Waals surface area contributed by atoms with Crippen LogP contribution >= 0.6 is 0 Å². The highest BCUT2D eigenvalue weighted by Crippen LogP contribution is 2.17. The van der Waals surface area contributed by atoms with E-state index in [1.54, 1.807) is 6.92 Å². The highest BCUT2D eigenvalue weighted by atomic mass is 32.2. The van der Waals surface area contributed by atoms with E-state index in [1.165, 1.54) is 10.5 Å². The molecule has 1 heterocycles. The maximum Gasteiger partial charge on any atom is 0.246 e. The summed E-state index contributed by atoms with van der Waals surface area (Å²) in [5.74, 6) is 0. The van der Waals surface area contributed by atoms with Crippen molar-refractivity contribution < 1.29 is 8.42 Å². The summed E-state index contributed by atoms with van der Waals surface area (Å²) < 4.78 is 25.7. The van der Waals surface area contributed by atoms with Crippen LogP contribution in [0.2, 0.25) is 0 Å². The lowest BCUT2D eigenvalue weighted by atomic mass is 10.5. The van der Waals surface area contributed by atoms with Crippen LogP contribution in [0, 0.1) is 6.92 Å². The van der Waals surface area contributed by atoms with Crippen LogP contribution in [0.1, 0.15) is 26.0 Å². The highest BCUT2D eigenvalue weighted by Gasteiger charge is 2.25. The molecule has 0 atom stereocenters. The minimum atomic E-state index is -3.36. The van der Waals surface area contributed by atoms with Crippen LogP contribution < -0.4 is 0 Å². The van der Waals surface area contributed by atoms with Crippen LogP contribution in [0.3, 0.4) is 0 Å². The van der Waals surface area contributed by atoms with E-state index in [0.29, 0.717) is 18.8 Å². The van der Waals surface area contributed by atoms with Crippen molar-refractivity contribution in [2.75, 3.05) is 13.1 Å². The first-order valence-electron chi connectivity index (χ1n) is 5.04. The molecule has 5 nitrogen and oxygen atoms in total. The van der Waals surface area contributed by atoms with Crippen molar-refractivity contribution in [3.05, 3.63) is 11.9 Å². The van der Waals surface area contributed by atoms with E-state index in [1.807, 2.05) is 13.8 Å². The molecule has 15 heavy (non-hydrogen) atoms. The largest absolute Gasteiger partial charge is 0.281 e. The predicted molar refractivity (Wildman–Crippen MR) is 58.0 cm³/mol. The van der Waals surface area contributed by atoms with Gasteiger partial charge in [0.2, 0.25) is 10.0 Å². The summed E-state index contributed by atoms with van der Waals surface area (Å²) in [5, 5.41) is 6.37. The summed E-state index contributed by atoms with van der Waals surface area (Å²) in [6, 6.07) is 0. The first kappa shape index (κ1) is 12.2. The standard InChI is InChI=1S/C9H17N3O2S/c1-4-6-12(5-2)15(13,14)9-7-10-11-8(9)3/h7H,4-6H2,1-3H3,(H,10,11). The van der Waals surface area contributed by atoms with Crippen molar-refractivity contribution in [3.8, 4) is 0 Å². The van der Waals surface area contributed by atoms with E-state index >= 15 is 0 Å². The van der Waals surface area contributed by atoms with Gasteiger partial charge < -0.3 is 0 Å². The normalized spacial score (nSPS) is 12.3. The molecule has 0 unspecified atom stereocenters. The average molecular weight is 231 g/mol. The molecule has 0 bridgehead atoms. The Kier molecular flexibility index (Phi) is 3.87. The molecule has 0 radical (unpaired) electrons. The Labute approximate surface area is 90.5 Å². The number of aryl methyl sites for hydroxylation is 1. The third-order valence-corrected chi connectivity index (χ3v) is 4.32. The third kappa shape index (κ3) is 2.38. The van der Waals surface area contributed by atoms with Crippen LogP contribution in [0.4, 0.5) is 0 Å². The first-order chi connectivity index (χ1) is 7.04. The van der Waals surface area contributed by atoms with E-state index in [9.17, 15) is 8.42 Å². The van der Waals surface area contributed by atoms with Gasteiger partial charge in [0, 0.05) is 13.1 Å². The van der Waals surface area contributed by atoms with Crippen molar-refractivity contribution in [2.24, 2.45) is 0 Å². The monoisotopic (exact) mass is 231 g/mol. The molecule has 1 aromatic rings. The second kappa shape index (κ2) is 4.76. The fraction of sp³-hybridized carbons (Fsp3) is 0.667. The quantitative estimate of drug-likeness (QED) is 0.826. The van der Waals surface area contributed by atoms with Crippen molar-refractivity contribution in [2.45, 2.75) is 32.1 Å². The summed E-state index contributed by atoms with van der Waals surface area (Å²) >= 11 is 0. The lowest BCUT2D eigenvalue weighted by Crippen LogP contribution is -2.31. The molecular formula is C9H17N3O2S. The van der Waals surface area contributed by atoms with E-state index in [0.717, 1.165) is 6.42 Å². The van der Waals surface area contributed by atoms with Gasteiger partial charge in [-0.3, -0.25) is 5.10 Å². The molecule has 0 amide bonds. The van der Waals surface area contributed by atoms with Gasteiger partial charge in [0.05, 0.1) is 11.9 Å². The maximum absolute atomic E-state index is 12.1. The molecule has 0 saturated carbocycles. The van der Waals surface area contributed by atoms with Gasteiger partial charge in [-0.1, -0.05) is 13.8 Å². The highest BCUT2D eigenvalue weighted by molar-refractivity contribution is 7.89. The van der Waals surface area contributed by atoms with E-state index in [-0.39, 0.29) is 4.90 Å².